The molecule has 0 radical (unpaired) electrons. The maximum Gasteiger partial charge on any atom is 0.0392 e. The van der Waals surface area contributed by atoms with Gasteiger partial charge in [-0.25, -0.2) is 0 Å². The first-order valence-corrected chi connectivity index (χ1v) is 5.41. The summed E-state index contributed by atoms with van der Waals surface area (Å²) in [6.07, 6.45) is 2.12. The maximum absolute atomic E-state index is 6.22. The zero-order valence-corrected chi connectivity index (χ0v) is 9.76. The highest BCUT2D eigenvalue weighted by atomic mass is 79.9. The lowest BCUT2D eigenvalue weighted by atomic mass is 9.89. The molecule has 1 aromatic carbocycles. The Balaban J connectivity index is 2.99. The molecule has 1 nitrogen and oxygen atoms in total. The van der Waals surface area contributed by atoms with E-state index in [1.165, 1.54) is 5.56 Å². The summed E-state index contributed by atoms with van der Waals surface area (Å²) in [5, 5.41) is 0. The molecular weight excluding hydrogens is 226 g/mol. The molecule has 0 bridgehead atoms. The summed E-state index contributed by atoms with van der Waals surface area (Å²) in [4.78, 5) is 0. The van der Waals surface area contributed by atoms with Gasteiger partial charge in [0.25, 0.3) is 0 Å². The van der Waals surface area contributed by atoms with Crippen LogP contribution in [0.2, 0.25) is 0 Å². The number of halogens is 1. The van der Waals surface area contributed by atoms with E-state index in [2.05, 4.69) is 35.8 Å². The first-order valence-electron chi connectivity index (χ1n) is 4.62. The van der Waals surface area contributed by atoms with Gasteiger partial charge in [0.1, 0.15) is 0 Å². The van der Waals surface area contributed by atoms with Crippen LogP contribution in [-0.2, 0) is 5.54 Å². The summed E-state index contributed by atoms with van der Waals surface area (Å²) < 4.78 is 1.11. The predicted molar refractivity (Wildman–Crippen MR) is 60.6 cm³/mol. The molecule has 0 heterocycles. The van der Waals surface area contributed by atoms with Gasteiger partial charge in [-0.1, -0.05) is 47.5 Å². The molecule has 0 aliphatic heterocycles. The standard InChI is InChI=1S/C11H16BrN/c1-3-8-11(2,13)9-6-4-5-7-10(9)12/h4-7H,3,8,13H2,1-2H3. The molecule has 0 aromatic heterocycles. The molecule has 0 aliphatic carbocycles. The lowest BCUT2D eigenvalue weighted by Crippen LogP contribution is -2.33. The van der Waals surface area contributed by atoms with Gasteiger partial charge in [-0.05, 0) is 25.0 Å². The average molecular weight is 242 g/mol. The Morgan fingerprint density at radius 3 is 2.54 bits per heavy atom. The van der Waals surface area contributed by atoms with E-state index in [1.807, 2.05) is 18.2 Å². The molecule has 1 rings (SSSR count). The molecule has 1 atom stereocenters. The van der Waals surface area contributed by atoms with Gasteiger partial charge in [0.05, 0.1) is 0 Å². The van der Waals surface area contributed by atoms with Crippen molar-refractivity contribution in [3.05, 3.63) is 34.3 Å². The second kappa shape index (κ2) is 4.25. The van der Waals surface area contributed by atoms with E-state index in [0.717, 1.165) is 17.3 Å². The van der Waals surface area contributed by atoms with Gasteiger partial charge in [-0.3, -0.25) is 0 Å². The third-order valence-corrected chi connectivity index (χ3v) is 2.95. The molecule has 0 amide bonds. The molecule has 13 heavy (non-hydrogen) atoms. The maximum atomic E-state index is 6.22. The first-order chi connectivity index (χ1) is 6.08. The highest BCUT2D eigenvalue weighted by Crippen LogP contribution is 2.29. The molecule has 1 aromatic rings. The molecule has 2 heteroatoms. The minimum Gasteiger partial charge on any atom is -0.322 e. The zero-order chi connectivity index (χ0) is 9.90. The molecule has 0 saturated carbocycles. The highest BCUT2D eigenvalue weighted by molar-refractivity contribution is 9.10. The molecule has 2 N–H and O–H groups in total. The average Bonchev–Trinajstić information content (AvgIpc) is 2.04. The van der Waals surface area contributed by atoms with E-state index < -0.39 is 0 Å². The van der Waals surface area contributed by atoms with E-state index in [1.54, 1.807) is 0 Å². The molecule has 1 unspecified atom stereocenters. The van der Waals surface area contributed by atoms with Crippen molar-refractivity contribution in [1.82, 2.24) is 0 Å². The molecule has 0 saturated heterocycles. The Morgan fingerprint density at radius 1 is 1.38 bits per heavy atom. The van der Waals surface area contributed by atoms with Crippen LogP contribution in [0.4, 0.5) is 0 Å². The van der Waals surface area contributed by atoms with Gasteiger partial charge in [0, 0.05) is 10.0 Å². The summed E-state index contributed by atoms with van der Waals surface area (Å²) in [6, 6.07) is 8.16. The second-order valence-electron chi connectivity index (χ2n) is 3.65. The van der Waals surface area contributed by atoms with Gasteiger partial charge in [0.2, 0.25) is 0 Å². The van der Waals surface area contributed by atoms with Crippen molar-refractivity contribution in [2.45, 2.75) is 32.2 Å². The van der Waals surface area contributed by atoms with Crippen molar-refractivity contribution in [2.24, 2.45) is 5.73 Å². The summed E-state index contributed by atoms with van der Waals surface area (Å²) in [5.41, 5.74) is 7.20. The van der Waals surface area contributed by atoms with Gasteiger partial charge >= 0.3 is 0 Å². The monoisotopic (exact) mass is 241 g/mol. The third kappa shape index (κ3) is 2.55. The number of benzene rings is 1. The van der Waals surface area contributed by atoms with E-state index in [9.17, 15) is 0 Å². The minimum absolute atomic E-state index is 0.213. The number of hydrogen-bond acceptors (Lipinski definition) is 1. The van der Waals surface area contributed by atoms with Gasteiger partial charge < -0.3 is 5.73 Å². The smallest absolute Gasteiger partial charge is 0.0392 e. The summed E-state index contributed by atoms with van der Waals surface area (Å²) >= 11 is 3.52. The van der Waals surface area contributed by atoms with Crippen molar-refractivity contribution in [3.8, 4) is 0 Å². The Bertz CT molecular complexity index is 281. The van der Waals surface area contributed by atoms with E-state index in [4.69, 9.17) is 5.73 Å². The van der Waals surface area contributed by atoms with Gasteiger partial charge in [-0.2, -0.15) is 0 Å². The van der Waals surface area contributed by atoms with Crippen LogP contribution in [0, 0.1) is 0 Å². The van der Waals surface area contributed by atoms with E-state index in [0.29, 0.717) is 0 Å². The molecular formula is C11H16BrN. The topological polar surface area (TPSA) is 26.0 Å². The molecule has 0 fully saturated rings. The van der Waals surface area contributed by atoms with Crippen LogP contribution in [-0.4, -0.2) is 0 Å². The Labute approximate surface area is 88.5 Å². The summed E-state index contributed by atoms with van der Waals surface area (Å²) in [7, 11) is 0. The largest absolute Gasteiger partial charge is 0.322 e. The minimum atomic E-state index is -0.213. The predicted octanol–water partition coefficient (Wildman–Crippen LogP) is 3.42. The summed E-state index contributed by atoms with van der Waals surface area (Å²) in [5.74, 6) is 0. The fourth-order valence-corrected chi connectivity index (χ4v) is 2.32. The van der Waals surface area contributed by atoms with Crippen molar-refractivity contribution in [1.29, 1.82) is 0 Å². The number of nitrogens with two attached hydrogens (primary N) is 1. The van der Waals surface area contributed by atoms with Crippen molar-refractivity contribution in [3.63, 3.8) is 0 Å². The van der Waals surface area contributed by atoms with Crippen LogP contribution in [0.25, 0.3) is 0 Å². The van der Waals surface area contributed by atoms with E-state index >= 15 is 0 Å². The Morgan fingerprint density at radius 2 is 2.00 bits per heavy atom. The fraction of sp³-hybridized carbons (Fsp3) is 0.455. The van der Waals surface area contributed by atoms with Crippen molar-refractivity contribution >= 4 is 15.9 Å². The van der Waals surface area contributed by atoms with Crippen molar-refractivity contribution in [2.75, 3.05) is 0 Å². The molecule has 72 valence electrons. The number of hydrogen-bond donors (Lipinski definition) is 1. The fourth-order valence-electron chi connectivity index (χ4n) is 1.58. The lowest BCUT2D eigenvalue weighted by Gasteiger charge is -2.25. The number of rotatable bonds is 3. The van der Waals surface area contributed by atoms with Crippen LogP contribution in [0.3, 0.4) is 0 Å². The Hall–Kier alpha value is -0.340. The van der Waals surface area contributed by atoms with Crippen molar-refractivity contribution < 1.29 is 0 Å². The van der Waals surface area contributed by atoms with Gasteiger partial charge in [0.15, 0.2) is 0 Å². The quantitative estimate of drug-likeness (QED) is 0.863. The van der Waals surface area contributed by atoms with Crippen LogP contribution >= 0.6 is 15.9 Å². The van der Waals surface area contributed by atoms with Crippen LogP contribution in [0.15, 0.2) is 28.7 Å². The van der Waals surface area contributed by atoms with Crippen LogP contribution < -0.4 is 5.73 Å². The SMILES string of the molecule is CCCC(C)(N)c1ccccc1Br. The molecule has 0 spiro atoms. The van der Waals surface area contributed by atoms with E-state index in [-0.39, 0.29) is 5.54 Å². The Kier molecular flexibility index (Phi) is 3.51. The third-order valence-electron chi connectivity index (χ3n) is 2.26. The van der Waals surface area contributed by atoms with Crippen LogP contribution in [0.5, 0.6) is 0 Å². The van der Waals surface area contributed by atoms with Gasteiger partial charge in [-0.15, -0.1) is 0 Å². The molecule has 0 aliphatic rings. The zero-order valence-electron chi connectivity index (χ0n) is 8.18. The normalized spacial score (nSPS) is 15.4. The first kappa shape index (κ1) is 10.7. The highest BCUT2D eigenvalue weighted by Gasteiger charge is 2.21. The van der Waals surface area contributed by atoms with Crippen LogP contribution in [0.1, 0.15) is 32.3 Å². The second-order valence-corrected chi connectivity index (χ2v) is 4.50. The lowest BCUT2D eigenvalue weighted by molar-refractivity contribution is 0.445. The summed E-state index contributed by atoms with van der Waals surface area (Å²) in [6.45, 7) is 4.23.